The van der Waals surface area contributed by atoms with Gasteiger partial charge in [0.2, 0.25) is 0 Å². The highest BCUT2D eigenvalue weighted by Crippen LogP contribution is 2.28. The summed E-state index contributed by atoms with van der Waals surface area (Å²) in [6.45, 7) is 0. The molecule has 0 aliphatic carbocycles. The lowest BCUT2D eigenvalue weighted by Crippen LogP contribution is -1.95. The zero-order chi connectivity index (χ0) is 5.82. The van der Waals surface area contributed by atoms with Crippen LogP contribution in [0.25, 0.3) is 0 Å². The first-order valence-electron chi connectivity index (χ1n) is 3.16. The third kappa shape index (κ3) is 1.90. The fourth-order valence-corrected chi connectivity index (χ4v) is 2.79. The Morgan fingerprint density at radius 3 is 3.00 bits per heavy atom. The van der Waals surface area contributed by atoms with Gasteiger partial charge < -0.3 is 0 Å². The van der Waals surface area contributed by atoms with Crippen molar-refractivity contribution in [1.82, 2.24) is 0 Å². The molecule has 1 rings (SSSR count). The Morgan fingerprint density at radius 2 is 2.50 bits per heavy atom. The SMILES string of the molecule is SCCC1CCCS1. The van der Waals surface area contributed by atoms with Crippen LogP contribution in [0.15, 0.2) is 0 Å². The predicted molar refractivity (Wildman–Crippen MR) is 44.0 cm³/mol. The zero-order valence-corrected chi connectivity index (χ0v) is 6.68. The van der Waals surface area contributed by atoms with E-state index >= 15 is 0 Å². The first-order chi connectivity index (χ1) is 3.93. The molecule has 0 N–H and O–H groups in total. The molecule has 0 aromatic rings. The van der Waals surface area contributed by atoms with E-state index in [2.05, 4.69) is 24.4 Å². The van der Waals surface area contributed by atoms with Crippen LogP contribution in [0.5, 0.6) is 0 Å². The lowest BCUT2D eigenvalue weighted by molar-refractivity contribution is 0.766. The molecule has 0 bridgehead atoms. The number of thioether (sulfide) groups is 1. The molecule has 1 aliphatic rings. The van der Waals surface area contributed by atoms with E-state index in [1.54, 1.807) is 0 Å². The van der Waals surface area contributed by atoms with Gasteiger partial charge in [0.1, 0.15) is 0 Å². The lowest BCUT2D eigenvalue weighted by atomic mass is 10.2. The first kappa shape index (κ1) is 6.81. The highest BCUT2D eigenvalue weighted by molar-refractivity contribution is 8.00. The van der Waals surface area contributed by atoms with Crippen LogP contribution in [0.1, 0.15) is 19.3 Å². The molecule has 8 heavy (non-hydrogen) atoms. The van der Waals surface area contributed by atoms with Crippen LogP contribution in [0.2, 0.25) is 0 Å². The maximum Gasteiger partial charge on any atom is 0.00551 e. The van der Waals surface area contributed by atoms with Crippen LogP contribution in [0.4, 0.5) is 0 Å². The van der Waals surface area contributed by atoms with Gasteiger partial charge in [0.25, 0.3) is 0 Å². The summed E-state index contributed by atoms with van der Waals surface area (Å²) < 4.78 is 0. The van der Waals surface area contributed by atoms with Crippen LogP contribution < -0.4 is 0 Å². The van der Waals surface area contributed by atoms with E-state index < -0.39 is 0 Å². The maximum atomic E-state index is 4.18. The molecule has 0 saturated carbocycles. The summed E-state index contributed by atoms with van der Waals surface area (Å²) in [4.78, 5) is 0. The molecule has 1 aliphatic heterocycles. The van der Waals surface area contributed by atoms with Crippen molar-refractivity contribution in [3.05, 3.63) is 0 Å². The average molecular weight is 148 g/mol. The Balaban J connectivity index is 2.06. The lowest BCUT2D eigenvalue weighted by Gasteiger charge is -2.02. The van der Waals surface area contributed by atoms with E-state index in [0.717, 1.165) is 11.0 Å². The molecular formula is C6H12S2. The molecule has 48 valence electrons. The standard InChI is InChI=1S/C6H12S2/c7-4-3-6-2-1-5-8-6/h6-7H,1-5H2. The van der Waals surface area contributed by atoms with E-state index in [-0.39, 0.29) is 0 Å². The van der Waals surface area contributed by atoms with Gasteiger partial charge in [0, 0.05) is 5.25 Å². The van der Waals surface area contributed by atoms with Crippen LogP contribution in [-0.2, 0) is 0 Å². The number of rotatable bonds is 2. The number of hydrogen-bond donors (Lipinski definition) is 1. The topological polar surface area (TPSA) is 0 Å². The Morgan fingerprint density at radius 1 is 1.62 bits per heavy atom. The summed E-state index contributed by atoms with van der Waals surface area (Å²) in [5, 5.41) is 0.951. The summed E-state index contributed by atoms with van der Waals surface area (Å²) in [7, 11) is 0. The van der Waals surface area contributed by atoms with Gasteiger partial charge in [-0.1, -0.05) is 0 Å². The largest absolute Gasteiger partial charge is 0.179 e. The molecule has 1 unspecified atom stereocenters. The molecule has 1 saturated heterocycles. The Kier molecular flexibility index (Phi) is 3.13. The third-order valence-corrected chi connectivity index (χ3v) is 3.20. The zero-order valence-electron chi connectivity index (χ0n) is 4.97. The normalized spacial score (nSPS) is 28.9. The van der Waals surface area contributed by atoms with Crippen LogP contribution in [-0.4, -0.2) is 16.8 Å². The fourth-order valence-electron chi connectivity index (χ4n) is 1.02. The van der Waals surface area contributed by atoms with Crippen molar-refractivity contribution in [3.63, 3.8) is 0 Å². The minimum Gasteiger partial charge on any atom is -0.179 e. The smallest absolute Gasteiger partial charge is 0.00551 e. The molecule has 0 amide bonds. The van der Waals surface area contributed by atoms with Gasteiger partial charge in [-0.2, -0.15) is 24.4 Å². The van der Waals surface area contributed by atoms with Crippen LogP contribution >= 0.6 is 24.4 Å². The van der Waals surface area contributed by atoms with Gasteiger partial charge in [0.15, 0.2) is 0 Å². The Bertz CT molecular complexity index is 57.5. The minimum atomic E-state index is 0.951. The molecule has 0 aromatic carbocycles. The average Bonchev–Trinajstić information content (AvgIpc) is 2.19. The van der Waals surface area contributed by atoms with Crippen molar-refractivity contribution in [2.24, 2.45) is 0 Å². The summed E-state index contributed by atoms with van der Waals surface area (Å²) >= 11 is 6.30. The third-order valence-electron chi connectivity index (χ3n) is 1.48. The maximum absolute atomic E-state index is 4.18. The second kappa shape index (κ2) is 3.67. The monoisotopic (exact) mass is 148 g/mol. The molecule has 0 nitrogen and oxygen atoms in total. The van der Waals surface area contributed by atoms with E-state index in [1.807, 2.05) is 0 Å². The molecule has 0 spiro atoms. The van der Waals surface area contributed by atoms with Gasteiger partial charge in [0.05, 0.1) is 0 Å². The number of hydrogen-bond acceptors (Lipinski definition) is 2. The minimum absolute atomic E-state index is 0.951. The van der Waals surface area contributed by atoms with Crippen LogP contribution in [0, 0.1) is 0 Å². The fraction of sp³-hybridized carbons (Fsp3) is 1.00. The van der Waals surface area contributed by atoms with Crippen molar-refractivity contribution >= 4 is 24.4 Å². The molecule has 0 radical (unpaired) electrons. The molecule has 1 heterocycles. The predicted octanol–water partition coefficient (Wildman–Crippen LogP) is 2.20. The van der Waals surface area contributed by atoms with E-state index in [4.69, 9.17) is 0 Å². The molecule has 2 heteroatoms. The molecule has 1 fully saturated rings. The van der Waals surface area contributed by atoms with E-state index in [0.29, 0.717) is 0 Å². The molecule has 0 aromatic heterocycles. The summed E-state index contributed by atoms with van der Waals surface area (Å²) in [5.41, 5.74) is 0. The first-order valence-corrected chi connectivity index (χ1v) is 4.84. The van der Waals surface area contributed by atoms with Gasteiger partial charge in [-0.3, -0.25) is 0 Å². The summed E-state index contributed by atoms with van der Waals surface area (Å²) in [5.74, 6) is 2.45. The summed E-state index contributed by atoms with van der Waals surface area (Å²) in [6.07, 6.45) is 4.18. The van der Waals surface area contributed by atoms with E-state index in [9.17, 15) is 0 Å². The van der Waals surface area contributed by atoms with Gasteiger partial charge in [-0.05, 0) is 30.8 Å². The molecule has 1 atom stereocenters. The van der Waals surface area contributed by atoms with Crippen molar-refractivity contribution < 1.29 is 0 Å². The number of thiol groups is 1. The Hall–Kier alpha value is 0.700. The second-order valence-electron chi connectivity index (χ2n) is 2.15. The van der Waals surface area contributed by atoms with Crippen molar-refractivity contribution in [3.8, 4) is 0 Å². The van der Waals surface area contributed by atoms with Crippen molar-refractivity contribution in [2.75, 3.05) is 11.5 Å². The van der Waals surface area contributed by atoms with E-state index in [1.165, 1.54) is 25.0 Å². The highest BCUT2D eigenvalue weighted by atomic mass is 32.2. The highest BCUT2D eigenvalue weighted by Gasteiger charge is 2.13. The quantitative estimate of drug-likeness (QED) is 0.586. The summed E-state index contributed by atoms with van der Waals surface area (Å²) in [6, 6.07) is 0. The van der Waals surface area contributed by atoms with Gasteiger partial charge >= 0.3 is 0 Å². The van der Waals surface area contributed by atoms with Gasteiger partial charge in [-0.15, -0.1) is 0 Å². The van der Waals surface area contributed by atoms with Crippen molar-refractivity contribution in [1.29, 1.82) is 0 Å². The second-order valence-corrected chi connectivity index (χ2v) is 4.00. The Labute approximate surface area is 60.8 Å². The van der Waals surface area contributed by atoms with Crippen molar-refractivity contribution in [2.45, 2.75) is 24.5 Å². The van der Waals surface area contributed by atoms with Gasteiger partial charge in [-0.25, -0.2) is 0 Å². The van der Waals surface area contributed by atoms with Crippen LogP contribution in [0.3, 0.4) is 0 Å². The molecular weight excluding hydrogens is 136 g/mol.